The van der Waals surface area contributed by atoms with E-state index in [0.29, 0.717) is 18.4 Å². The smallest absolute Gasteiger partial charge is 0.462 e. The highest BCUT2D eigenvalue weighted by atomic mass is 31.2. The van der Waals surface area contributed by atoms with Crippen molar-refractivity contribution < 1.29 is 42.4 Å². The van der Waals surface area contributed by atoms with E-state index in [9.17, 15) is 23.8 Å². The Hall–Kier alpha value is -2.78. The third kappa shape index (κ3) is 24.9. The van der Waals surface area contributed by atoms with Crippen LogP contribution >= 0.6 is 7.82 Å². The fourth-order valence-electron chi connectivity index (χ4n) is 5.46. The minimum atomic E-state index is -4.59. The van der Waals surface area contributed by atoms with Crippen LogP contribution < -0.4 is 5.32 Å². The molecule has 0 saturated heterocycles. The number of phosphoric ester groups is 1. The number of hydrogen-bond acceptors (Lipinski definition) is 8. The molecule has 290 valence electrons. The number of rotatable bonds is 33. The zero-order valence-corrected chi connectivity index (χ0v) is 32.4. The van der Waals surface area contributed by atoms with Gasteiger partial charge in [0.1, 0.15) is 6.61 Å². The van der Waals surface area contributed by atoms with Gasteiger partial charge in [0, 0.05) is 24.9 Å². The van der Waals surface area contributed by atoms with Gasteiger partial charge in [0.2, 0.25) is 0 Å². The Kier molecular flexibility index (Phi) is 27.0. The van der Waals surface area contributed by atoms with E-state index in [2.05, 4.69) is 32.3 Å². The molecule has 0 aromatic heterocycles. The minimum Gasteiger partial charge on any atom is -0.462 e. The number of hydrogen-bond donors (Lipinski definition) is 2. The highest BCUT2D eigenvalue weighted by molar-refractivity contribution is 7.47. The molecule has 0 aliphatic heterocycles. The Morgan fingerprint density at radius 3 is 1.67 bits per heavy atom. The van der Waals surface area contributed by atoms with Gasteiger partial charge in [0.25, 0.3) is 5.91 Å². The molecule has 0 saturated carbocycles. The van der Waals surface area contributed by atoms with Gasteiger partial charge in [-0.25, -0.2) is 4.57 Å². The summed E-state index contributed by atoms with van der Waals surface area (Å²) in [7, 11) is -4.59. The van der Waals surface area contributed by atoms with E-state index in [0.717, 1.165) is 49.7 Å². The van der Waals surface area contributed by atoms with Crippen LogP contribution in [0.1, 0.15) is 164 Å². The first kappa shape index (κ1) is 46.2. The van der Waals surface area contributed by atoms with E-state index in [4.69, 9.17) is 18.5 Å². The van der Waals surface area contributed by atoms with Crippen LogP contribution in [0.25, 0.3) is 12.2 Å². The molecule has 2 atom stereocenters. The van der Waals surface area contributed by atoms with Crippen LogP contribution in [-0.2, 0) is 32.7 Å². The monoisotopic (exact) mass is 735 g/mol. The molecule has 1 aromatic carbocycles. The zero-order valence-electron chi connectivity index (χ0n) is 31.5. The van der Waals surface area contributed by atoms with Crippen molar-refractivity contribution in [2.45, 2.75) is 148 Å². The fourth-order valence-corrected chi connectivity index (χ4v) is 6.22. The molecular formula is C40H66NO9P. The van der Waals surface area contributed by atoms with Gasteiger partial charge < -0.3 is 19.7 Å². The van der Waals surface area contributed by atoms with Crippen LogP contribution in [-0.4, -0.2) is 55.2 Å². The van der Waals surface area contributed by atoms with Crippen LogP contribution in [0.3, 0.4) is 0 Å². The Balaban J connectivity index is 2.54. The number of carbonyl (C=O) groups is 3. The van der Waals surface area contributed by atoms with E-state index in [1.54, 1.807) is 24.3 Å². The topological polar surface area (TPSA) is 137 Å². The Bertz CT molecular complexity index is 1160. The van der Waals surface area contributed by atoms with E-state index in [-0.39, 0.29) is 32.6 Å². The average molecular weight is 736 g/mol. The number of amides is 1. The van der Waals surface area contributed by atoms with Gasteiger partial charge in [0.05, 0.1) is 13.2 Å². The second-order valence-electron chi connectivity index (χ2n) is 13.1. The van der Waals surface area contributed by atoms with Gasteiger partial charge in [-0.05, 0) is 42.2 Å². The molecule has 1 aromatic rings. The maximum absolute atomic E-state index is 12.6. The molecule has 11 heteroatoms. The zero-order chi connectivity index (χ0) is 37.6. The largest absolute Gasteiger partial charge is 0.472 e. The van der Waals surface area contributed by atoms with Crippen LogP contribution in [0, 0.1) is 0 Å². The molecule has 1 amide bonds. The SMILES string of the molecule is C=Cc1cc(C=C)cc(C(=O)NCCOP(=O)(O)OC[C@@H](COC(=O)CCCCCCCCCCC)OC(=O)CCCCCCCCCCC)c1. The first-order valence-corrected chi connectivity index (χ1v) is 20.8. The first-order chi connectivity index (χ1) is 24.6. The second kappa shape index (κ2) is 29.8. The number of ether oxygens (including phenoxy) is 2. The molecule has 0 aliphatic carbocycles. The summed E-state index contributed by atoms with van der Waals surface area (Å²) in [6, 6.07) is 5.16. The van der Waals surface area contributed by atoms with E-state index >= 15 is 0 Å². The number of carbonyl (C=O) groups excluding carboxylic acids is 3. The molecule has 0 radical (unpaired) electrons. The first-order valence-electron chi connectivity index (χ1n) is 19.3. The van der Waals surface area contributed by atoms with Crippen molar-refractivity contribution in [1.82, 2.24) is 5.32 Å². The van der Waals surface area contributed by atoms with Crippen LogP contribution in [0.15, 0.2) is 31.4 Å². The van der Waals surface area contributed by atoms with Crippen molar-refractivity contribution in [3.8, 4) is 0 Å². The van der Waals surface area contributed by atoms with Gasteiger partial charge in [-0.15, -0.1) is 0 Å². The molecule has 0 heterocycles. The van der Waals surface area contributed by atoms with Crippen LogP contribution in [0.4, 0.5) is 0 Å². The number of unbranched alkanes of at least 4 members (excludes halogenated alkanes) is 16. The molecule has 0 aliphatic rings. The lowest BCUT2D eigenvalue weighted by molar-refractivity contribution is -0.161. The predicted molar refractivity (Wildman–Crippen MR) is 205 cm³/mol. The summed E-state index contributed by atoms with van der Waals surface area (Å²) in [6.45, 7) is 10.7. The third-order valence-corrected chi connectivity index (χ3v) is 9.46. The standard InChI is InChI=1S/C40H66NO9P/c1-5-9-11-13-15-17-19-21-23-25-38(42)47-32-37(50-39(43)26-24-22-20-18-16-14-12-10-6-2)33-49-51(45,46)48-28-27-41-40(44)36-30-34(7-3)29-35(8-4)31-36/h7-8,29-31,37H,3-6,9-28,32-33H2,1-2H3,(H,41,44)(H,45,46)/t37-/m1/s1. The molecule has 0 fully saturated rings. The molecule has 10 nitrogen and oxygen atoms in total. The lowest BCUT2D eigenvalue weighted by atomic mass is 10.1. The molecule has 51 heavy (non-hydrogen) atoms. The summed E-state index contributed by atoms with van der Waals surface area (Å²) in [5, 5.41) is 2.63. The normalized spacial score (nSPS) is 12.8. The van der Waals surface area contributed by atoms with Gasteiger partial charge in [-0.3, -0.25) is 23.4 Å². The van der Waals surface area contributed by atoms with Gasteiger partial charge in [-0.1, -0.05) is 142 Å². The maximum atomic E-state index is 12.6. The van der Waals surface area contributed by atoms with Crippen LogP contribution in [0.2, 0.25) is 0 Å². The summed E-state index contributed by atoms with van der Waals surface area (Å²) in [5.74, 6) is -1.31. The van der Waals surface area contributed by atoms with Crippen molar-refractivity contribution in [2.75, 3.05) is 26.4 Å². The number of benzene rings is 1. The fraction of sp³-hybridized carbons (Fsp3) is 0.675. The van der Waals surface area contributed by atoms with Crippen molar-refractivity contribution in [3.05, 3.63) is 48.0 Å². The number of esters is 2. The third-order valence-electron chi connectivity index (χ3n) is 8.47. The second-order valence-corrected chi connectivity index (χ2v) is 14.6. The minimum absolute atomic E-state index is 0.0674. The summed E-state index contributed by atoms with van der Waals surface area (Å²) in [6.07, 6.45) is 22.7. The van der Waals surface area contributed by atoms with Crippen LogP contribution in [0.5, 0.6) is 0 Å². The van der Waals surface area contributed by atoms with Crippen molar-refractivity contribution >= 4 is 37.8 Å². The highest BCUT2D eigenvalue weighted by Crippen LogP contribution is 2.43. The summed E-state index contributed by atoms with van der Waals surface area (Å²) in [5.41, 5.74) is 1.88. The Morgan fingerprint density at radius 2 is 1.18 bits per heavy atom. The Morgan fingerprint density at radius 1 is 0.706 bits per heavy atom. The van der Waals surface area contributed by atoms with Crippen molar-refractivity contribution in [1.29, 1.82) is 0 Å². The average Bonchev–Trinajstić information content (AvgIpc) is 3.12. The lowest BCUT2D eigenvalue weighted by Crippen LogP contribution is -2.30. The highest BCUT2D eigenvalue weighted by Gasteiger charge is 2.26. The molecule has 0 spiro atoms. The Labute approximate surface area is 307 Å². The van der Waals surface area contributed by atoms with Crippen molar-refractivity contribution in [3.63, 3.8) is 0 Å². The predicted octanol–water partition coefficient (Wildman–Crippen LogP) is 10.1. The van der Waals surface area contributed by atoms with Gasteiger partial charge in [-0.2, -0.15) is 0 Å². The quantitative estimate of drug-likeness (QED) is 0.0410. The van der Waals surface area contributed by atoms with E-state index in [1.807, 2.05) is 6.07 Å². The summed E-state index contributed by atoms with van der Waals surface area (Å²) >= 11 is 0. The molecule has 1 unspecified atom stereocenters. The molecular weight excluding hydrogens is 669 g/mol. The lowest BCUT2D eigenvalue weighted by Gasteiger charge is -2.20. The van der Waals surface area contributed by atoms with Gasteiger partial charge in [0.15, 0.2) is 6.10 Å². The molecule has 2 N–H and O–H groups in total. The van der Waals surface area contributed by atoms with Gasteiger partial charge >= 0.3 is 19.8 Å². The molecule has 0 bridgehead atoms. The molecule has 1 rings (SSSR count). The number of nitrogens with one attached hydrogen (secondary N) is 1. The van der Waals surface area contributed by atoms with E-state index in [1.165, 1.54) is 64.2 Å². The van der Waals surface area contributed by atoms with Crippen molar-refractivity contribution in [2.24, 2.45) is 0 Å². The number of phosphoric acid groups is 1. The summed E-state index contributed by atoms with van der Waals surface area (Å²) in [4.78, 5) is 47.9. The van der Waals surface area contributed by atoms with E-state index < -0.39 is 38.4 Å². The maximum Gasteiger partial charge on any atom is 0.472 e. The summed E-state index contributed by atoms with van der Waals surface area (Å²) < 4.78 is 33.6.